The lowest BCUT2D eigenvalue weighted by Crippen LogP contribution is -2.42. The first-order valence-electron chi connectivity index (χ1n) is 5.72. The fourth-order valence-electron chi connectivity index (χ4n) is 1.87. The third-order valence-electron chi connectivity index (χ3n) is 2.66. The van der Waals surface area contributed by atoms with Crippen LogP contribution in [-0.4, -0.2) is 22.8 Å². The first-order valence-corrected chi connectivity index (χ1v) is 6.10. The van der Waals surface area contributed by atoms with Gasteiger partial charge in [-0.1, -0.05) is 24.3 Å². The Labute approximate surface area is 119 Å². The van der Waals surface area contributed by atoms with E-state index in [2.05, 4.69) is 4.74 Å². The largest absolute Gasteiger partial charge is 0.381 e. The lowest BCUT2D eigenvalue weighted by Gasteiger charge is -2.32. The summed E-state index contributed by atoms with van der Waals surface area (Å²) in [7, 11) is 0. The van der Waals surface area contributed by atoms with E-state index < -0.39 is 23.3 Å². The average molecular weight is 311 g/mol. The molecule has 0 amide bonds. The molecule has 0 aliphatic rings. The standard InChI is InChI=1S/C13H14ClF3O3/c1-12(2,20-13(17,19)11(15)16)9-6-4-3-5-8(9)7-10(14)18/h3-6,11,19H,7H2,1-2H3. The van der Waals surface area contributed by atoms with E-state index in [4.69, 9.17) is 16.7 Å². The van der Waals surface area contributed by atoms with Crippen molar-refractivity contribution in [1.82, 2.24) is 0 Å². The van der Waals surface area contributed by atoms with Crippen LogP contribution in [0.1, 0.15) is 25.0 Å². The molecule has 0 aliphatic heterocycles. The molecule has 0 bridgehead atoms. The summed E-state index contributed by atoms with van der Waals surface area (Å²) in [6.45, 7) is 2.61. The predicted molar refractivity (Wildman–Crippen MR) is 67.2 cm³/mol. The Kier molecular flexibility index (Phi) is 5.18. The van der Waals surface area contributed by atoms with E-state index in [9.17, 15) is 18.0 Å². The molecule has 20 heavy (non-hydrogen) atoms. The van der Waals surface area contributed by atoms with Crippen molar-refractivity contribution < 1.29 is 27.8 Å². The van der Waals surface area contributed by atoms with Gasteiger partial charge in [0.15, 0.2) is 0 Å². The normalized spacial score (nSPS) is 15.2. The lowest BCUT2D eigenvalue weighted by atomic mass is 9.91. The van der Waals surface area contributed by atoms with Crippen molar-refractivity contribution in [3.05, 3.63) is 35.4 Å². The number of ether oxygens (including phenoxy) is 1. The van der Waals surface area contributed by atoms with E-state index in [-0.39, 0.29) is 12.0 Å². The van der Waals surface area contributed by atoms with Gasteiger partial charge in [0.1, 0.15) is 0 Å². The zero-order valence-electron chi connectivity index (χ0n) is 10.9. The smallest absolute Gasteiger partial charge is 0.335 e. The molecule has 1 N–H and O–H groups in total. The summed E-state index contributed by atoms with van der Waals surface area (Å²) in [4.78, 5) is 11.0. The highest BCUT2D eigenvalue weighted by atomic mass is 35.5. The maximum absolute atomic E-state index is 13.3. The maximum atomic E-state index is 13.3. The summed E-state index contributed by atoms with van der Waals surface area (Å²) in [5, 5.41) is 8.27. The van der Waals surface area contributed by atoms with Crippen LogP contribution in [0, 0.1) is 0 Å². The summed E-state index contributed by atoms with van der Waals surface area (Å²) in [6.07, 6.45) is -3.88. The Hall–Kier alpha value is -1.11. The van der Waals surface area contributed by atoms with Crippen LogP contribution in [0.4, 0.5) is 13.2 Å². The second-order valence-corrected chi connectivity index (χ2v) is 5.13. The highest BCUT2D eigenvalue weighted by Gasteiger charge is 2.45. The predicted octanol–water partition coefficient (Wildman–Crippen LogP) is 3.13. The molecule has 0 saturated heterocycles. The molecule has 1 atom stereocenters. The van der Waals surface area contributed by atoms with Crippen LogP contribution >= 0.6 is 11.6 Å². The Morgan fingerprint density at radius 3 is 2.45 bits per heavy atom. The zero-order valence-corrected chi connectivity index (χ0v) is 11.6. The monoisotopic (exact) mass is 310 g/mol. The second kappa shape index (κ2) is 6.11. The van der Waals surface area contributed by atoms with Gasteiger partial charge in [-0.2, -0.15) is 4.39 Å². The third kappa shape index (κ3) is 4.19. The highest BCUT2D eigenvalue weighted by molar-refractivity contribution is 6.63. The molecule has 0 saturated carbocycles. The SMILES string of the molecule is CC(C)(OC(O)(F)C(F)F)c1ccccc1CC(=O)Cl. The highest BCUT2D eigenvalue weighted by Crippen LogP contribution is 2.34. The minimum atomic E-state index is -4.08. The molecule has 7 heteroatoms. The number of alkyl halides is 3. The molecule has 1 rings (SSSR count). The molecule has 112 valence electrons. The van der Waals surface area contributed by atoms with Gasteiger partial charge in [-0.25, -0.2) is 8.78 Å². The van der Waals surface area contributed by atoms with Gasteiger partial charge in [0.25, 0.3) is 0 Å². The molecule has 1 aromatic rings. The second-order valence-electron chi connectivity index (χ2n) is 4.71. The summed E-state index contributed by atoms with van der Waals surface area (Å²) in [6, 6.07) is 2.13. The van der Waals surface area contributed by atoms with Gasteiger partial charge in [0.05, 0.1) is 5.60 Å². The number of hydrogen-bond donors (Lipinski definition) is 1. The van der Waals surface area contributed by atoms with E-state index in [1.54, 1.807) is 18.2 Å². The number of aliphatic hydroxyl groups is 1. The summed E-state index contributed by atoms with van der Waals surface area (Å²) in [5.74, 6) is 0. The van der Waals surface area contributed by atoms with Crippen LogP contribution in [0.2, 0.25) is 0 Å². The van der Waals surface area contributed by atoms with Crippen molar-refractivity contribution >= 4 is 16.8 Å². The van der Waals surface area contributed by atoms with Crippen LogP contribution < -0.4 is 0 Å². The van der Waals surface area contributed by atoms with Crippen molar-refractivity contribution in [2.24, 2.45) is 0 Å². The Morgan fingerprint density at radius 1 is 1.40 bits per heavy atom. The first-order chi connectivity index (χ1) is 9.06. The molecule has 0 radical (unpaired) electrons. The molecule has 0 aliphatic carbocycles. The number of carbonyl (C=O) groups is 1. The lowest BCUT2D eigenvalue weighted by molar-refractivity contribution is -0.379. The van der Waals surface area contributed by atoms with Gasteiger partial charge in [-0.15, -0.1) is 0 Å². The summed E-state index contributed by atoms with van der Waals surface area (Å²) >= 11 is 5.29. The molecule has 1 aromatic carbocycles. The van der Waals surface area contributed by atoms with Gasteiger partial charge >= 0.3 is 12.5 Å². The Balaban J connectivity index is 3.12. The maximum Gasteiger partial charge on any atom is 0.381 e. The molecule has 3 nitrogen and oxygen atoms in total. The van der Waals surface area contributed by atoms with Crippen LogP contribution in [0.5, 0.6) is 0 Å². The zero-order chi connectivity index (χ0) is 15.6. The molecule has 0 spiro atoms. The minimum absolute atomic E-state index is 0.163. The van der Waals surface area contributed by atoms with Crippen molar-refractivity contribution in [2.75, 3.05) is 0 Å². The number of carbonyl (C=O) groups excluding carboxylic acids is 1. The number of halogens is 4. The van der Waals surface area contributed by atoms with Gasteiger partial charge in [-0.3, -0.25) is 4.79 Å². The van der Waals surface area contributed by atoms with Crippen LogP contribution in [0.15, 0.2) is 24.3 Å². The molecule has 1 unspecified atom stereocenters. The molecule has 0 fully saturated rings. The van der Waals surface area contributed by atoms with Gasteiger partial charge in [0, 0.05) is 6.42 Å². The minimum Gasteiger partial charge on any atom is -0.335 e. The molecular weight excluding hydrogens is 297 g/mol. The van der Waals surface area contributed by atoms with Crippen LogP contribution in [-0.2, 0) is 21.6 Å². The van der Waals surface area contributed by atoms with Crippen molar-refractivity contribution in [3.63, 3.8) is 0 Å². The van der Waals surface area contributed by atoms with Gasteiger partial charge in [-0.05, 0) is 36.6 Å². The van der Waals surface area contributed by atoms with Gasteiger partial charge < -0.3 is 9.84 Å². The fraction of sp³-hybridized carbons (Fsp3) is 0.462. The van der Waals surface area contributed by atoms with Crippen LogP contribution in [0.25, 0.3) is 0 Å². The average Bonchev–Trinajstić information content (AvgIpc) is 2.26. The number of rotatable bonds is 6. The van der Waals surface area contributed by atoms with Crippen LogP contribution in [0.3, 0.4) is 0 Å². The van der Waals surface area contributed by atoms with Crippen molar-refractivity contribution in [1.29, 1.82) is 0 Å². The number of benzene rings is 1. The number of hydrogen-bond acceptors (Lipinski definition) is 3. The fourth-order valence-corrected chi connectivity index (χ4v) is 2.01. The molecule has 0 aromatic heterocycles. The topological polar surface area (TPSA) is 46.5 Å². The van der Waals surface area contributed by atoms with E-state index in [1.807, 2.05) is 0 Å². The first kappa shape index (κ1) is 16.9. The summed E-state index contributed by atoms with van der Waals surface area (Å²) in [5.41, 5.74) is -0.892. The van der Waals surface area contributed by atoms with E-state index in [1.165, 1.54) is 19.9 Å². The third-order valence-corrected chi connectivity index (χ3v) is 2.80. The van der Waals surface area contributed by atoms with Gasteiger partial charge in [0.2, 0.25) is 5.24 Å². The molecular formula is C13H14ClF3O3. The van der Waals surface area contributed by atoms with Crippen molar-refractivity contribution in [2.45, 2.75) is 38.3 Å². The Bertz CT molecular complexity index is 490. The van der Waals surface area contributed by atoms with E-state index in [0.29, 0.717) is 5.56 Å². The van der Waals surface area contributed by atoms with Crippen molar-refractivity contribution in [3.8, 4) is 0 Å². The molecule has 0 heterocycles. The Morgan fingerprint density at radius 2 is 1.95 bits per heavy atom. The quantitative estimate of drug-likeness (QED) is 0.648. The van der Waals surface area contributed by atoms with E-state index >= 15 is 0 Å². The van der Waals surface area contributed by atoms with E-state index in [0.717, 1.165) is 0 Å². The summed E-state index contributed by atoms with van der Waals surface area (Å²) < 4.78 is 42.4.